The van der Waals surface area contributed by atoms with Crippen molar-refractivity contribution < 1.29 is 31.5 Å². The largest absolute Gasteiger partial charge is 0.491 e. The molecule has 4 rings (SSSR count). The van der Waals surface area contributed by atoms with Crippen LogP contribution in [0.2, 0.25) is 0 Å². The lowest BCUT2D eigenvalue weighted by molar-refractivity contribution is -0.114. The molecule has 0 saturated heterocycles. The van der Waals surface area contributed by atoms with Crippen molar-refractivity contribution in [1.82, 2.24) is 4.90 Å². The molecule has 3 aromatic carbocycles. The molecule has 0 saturated carbocycles. The van der Waals surface area contributed by atoms with Crippen molar-refractivity contribution in [1.29, 1.82) is 0 Å². The molecule has 3 aromatic rings. The van der Waals surface area contributed by atoms with E-state index in [1.165, 1.54) is 30.0 Å². The molecular weight excluding hydrogens is 502 g/mol. The average molecular weight is 529 g/mol. The smallest absolute Gasteiger partial charge is 0.254 e. The van der Waals surface area contributed by atoms with Gasteiger partial charge in [0.05, 0.1) is 12.2 Å². The maximum atomic E-state index is 15.0. The van der Waals surface area contributed by atoms with Crippen LogP contribution in [0.25, 0.3) is 11.1 Å². The van der Waals surface area contributed by atoms with Crippen LogP contribution in [0.15, 0.2) is 53.4 Å². The van der Waals surface area contributed by atoms with Crippen molar-refractivity contribution >= 4 is 27.3 Å². The molecule has 7 nitrogen and oxygen atoms in total. The lowest BCUT2D eigenvalue weighted by atomic mass is 10.0. The van der Waals surface area contributed by atoms with E-state index < -0.39 is 32.3 Å². The number of nitrogens with zero attached hydrogens (tertiary/aromatic N) is 1. The summed E-state index contributed by atoms with van der Waals surface area (Å²) in [5.74, 6) is -1.74. The van der Waals surface area contributed by atoms with Gasteiger partial charge in [-0.15, -0.1) is 0 Å². The first-order valence-corrected chi connectivity index (χ1v) is 13.5. The molecule has 0 atom stereocenters. The maximum Gasteiger partial charge on any atom is 0.254 e. The fourth-order valence-corrected chi connectivity index (χ4v) is 5.10. The minimum Gasteiger partial charge on any atom is -0.491 e. The van der Waals surface area contributed by atoms with Crippen LogP contribution in [0.5, 0.6) is 5.75 Å². The van der Waals surface area contributed by atoms with Gasteiger partial charge in [-0.3, -0.25) is 9.59 Å². The zero-order chi connectivity index (χ0) is 26.9. The third kappa shape index (κ3) is 5.48. The molecule has 10 heteroatoms. The van der Waals surface area contributed by atoms with E-state index in [0.717, 1.165) is 12.3 Å². The standard InChI is InChI=1S/C27H26F2N2O5S/c1-4-20-21(7-10-25(26(20)29)37(3,34)35)27(33)31-11-12-36-24-9-6-17(13-19(24)15-31)18-5-8-23(22(28)14-18)30-16(2)32/h5-10,13-14H,4,11-12,15H2,1-3H3,(H,30,32). The highest BCUT2D eigenvalue weighted by Gasteiger charge is 2.27. The van der Waals surface area contributed by atoms with Gasteiger partial charge in [-0.05, 0) is 53.9 Å². The summed E-state index contributed by atoms with van der Waals surface area (Å²) in [7, 11) is -3.79. The van der Waals surface area contributed by atoms with Gasteiger partial charge in [0.1, 0.15) is 28.9 Å². The second kappa shape index (κ2) is 10.3. The number of amides is 2. The fraction of sp³-hybridized carbons (Fsp3) is 0.259. The van der Waals surface area contributed by atoms with Crippen LogP contribution < -0.4 is 10.1 Å². The molecule has 1 aliphatic rings. The molecule has 0 radical (unpaired) electrons. The number of nitrogens with one attached hydrogen (secondary N) is 1. The summed E-state index contributed by atoms with van der Waals surface area (Å²) in [6.07, 6.45) is 1.06. The molecule has 0 fully saturated rings. The molecule has 0 spiro atoms. The number of hydrogen-bond donors (Lipinski definition) is 1. The molecule has 0 unspecified atom stereocenters. The third-order valence-electron chi connectivity index (χ3n) is 6.13. The Labute approximate surface area is 214 Å². The third-order valence-corrected chi connectivity index (χ3v) is 7.25. The summed E-state index contributed by atoms with van der Waals surface area (Å²) >= 11 is 0. The highest BCUT2D eigenvalue weighted by molar-refractivity contribution is 7.90. The summed E-state index contributed by atoms with van der Waals surface area (Å²) < 4.78 is 59.2. The molecule has 37 heavy (non-hydrogen) atoms. The second-order valence-electron chi connectivity index (χ2n) is 8.80. The molecule has 0 bridgehead atoms. The summed E-state index contributed by atoms with van der Waals surface area (Å²) in [5.41, 5.74) is 2.16. The molecule has 1 aliphatic heterocycles. The van der Waals surface area contributed by atoms with Gasteiger partial charge in [0, 0.05) is 36.4 Å². The van der Waals surface area contributed by atoms with Crippen LogP contribution in [-0.2, 0) is 27.6 Å². The summed E-state index contributed by atoms with van der Waals surface area (Å²) in [5, 5.41) is 2.43. The Kier molecular flexibility index (Phi) is 7.31. The average Bonchev–Trinajstić information content (AvgIpc) is 3.05. The number of halogens is 2. The number of hydrogen-bond acceptors (Lipinski definition) is 5. The van der Waals surface area contributed by atoms with E-state index in [9.17, 15) is 22.4 Å². The van der Waals surface area contributed by atoms with Crippen molar-refractivity contribution in [2.45, 2.75) is 31.7 Å². The fourth-order valence-electron chi connectivity index (χ4n) is 4.34. The first-order valence-electron chi connectivity index (χ1n) is 11.6. The van der Waals surface area contributed by atoms with Crippen LogP contribution in [0.3, 0.4) is 0 Å². The highest BCUT2D eigenvalue weighted by Crippen LogP contribution is 2.32. The zero-order valence-electron chi connectivity index (χ0n) is 20.6. The van der Waals surface area contributed by atoms with Gasteiger partial charge in [0.15, 0.2) is 9.84 Å². The monoisotopic (exact) mass is 528 g/mol. The van der Waals surface area contributed by atoms with Gasteiger partial charge in [0.25, 0.3) is 5.91 Å². The Morgan fingerprint density at radius 1 is 1.05 bits per heavy atom. The van der Waals surface area contributed by atoms with Crippen molar-refractivity contribution in [3.05, 3.63) is 76.9 Å². The number of sulfone groups is 1. The predicted molar refractivity (Wildman–Crippen MR) is 135 cm³/mol. The number of anilines is 1. The van der Waals surface area contributed by atoms with E-state index in [2.05, 4.69) is 5.32 Å². The van der Waals surface area contributed by atoms with E-state index in [1.54, 1.807) is 31.2 Å². The minimum atomic E-state index is -3.79. The molecule has 1 heterocycles. The minimum absolute atomic E-state index is 0.0433. The van der Waals surface area contributed by atoms with Gasteiger partial charge in [-0.25, -0.2) is 17.2 Å². The Balaban J connectivity index is 1.66. The van der Waals surface area contributed by atoms with E-state index in [0.29, 0.717) is 22.4 Å². The first kappa shape index (κ1) is 26.3. The van der Waals surface area contributed by atoms with Crippen LogP contribution in [0.1, 0.15) is 35.3 Å². The maximum absolute atomic E-state index is 15.0. The molecule has 2 amide bonds. The molecule has 194 valence electrons. The predicted octanol–water partition coefficient (Wildman–Crippen LogP) is 4.59. The Morgan fingerprint density at radius 2 is 1.76 bits per heavy atom. The van der Waals surface area contributed by atoms with Crippen molar-refractivity contribution in [2.24, 2.45) is 0 Å². The van der Waals surface area contributed by atoms with Crippen molar-refractivity contribution in [2.75, 3.05) is 24.7 Å². The van der Waals surface area contributed by atoms with Gasteiger partial charge >= 0.3 is 0 Å². The number of benzene rings is 3. The van der Waals surface area contributed by atoms with E-state index in [-0.39, 0.29) is 48.8 Å². The summed E-state index contributed by atoms with van der Waals surface area (Å²) in [4.78, 5) is 25.8. The van der Waals surface area contributed by atoms with Crippen LogP contribution >= 0.6 is 0 Å². The highest BCUT2D eigenvalue weighted by atomic mass is 32.2. The lowest BCUT2D eigenvalue weighted by Gasteiger charge is -2.22. The van der Waals surface area contributed by atoms with Gasteiger partial charge in [0.2, 0.25) is 5.91 Å². The topological polar surface area (TPSA) is 92.8 Å². The quantitative estimate of drug-likeness (QED) is 0.523. The van der Waals surface area contributed by atoms with Gasteiger partial charge < -0.3 is 15.0 Å². The normalized spacial score (nSPS) is 13.4. The molecule has 0 aliphatic carbocycles. The number of carbonyl (C=O) groups excluding carboxylic acids is 2. The lowest BCUT2D eigenvalue weighted by Crippen LogP contribution is -2.33. The number of ether oxygens (including phenoxy) is 1. The van der Waals surface area contributed by atoms with Crippen LogP contribution in [0.4, 0.5) is 14.5 Å². The van der Waals surface area contributed by atoms with Crippen LogP contribution in [0, 0.1) is 11.6 Å². The molecular formula is C27H26F2N2O5S. The Morgan fingerprint density at radius 3 is 2.41 bits per heavy atom. The van der Waals surface area contributed by atoms with Crippen molar-refractivity contribution in [3.8, 4) is 16.9 Å². The molecule has 1 N–H and O–H groups in total. The van der Waals surface area contributed by atoms with E-state index in [4.69, 9.17) is 4.74 Å². The Bertz CT molecular complexity index is 1500. The van der Waals surface area contributed by atoms with Crippen LogP contribution in [-0.4, -0.2) is 44.5 Å². The summed E-state index contributed by atoms with van der Waals surface area (Å²) in [6.45, 7) is 3.56. The van der Waals surface area contributed by atoms with E-state index in [1.807, 2.05) is 0 Å². The first-order chi connectivity index (χ1) is 17.5. The van der Waals surface area contributed by atoms with E-state index >= 15 is 4.39 Å². The number of rotatable bonds is 5. The van der Waals surface area contributed by atoms with Gasteiger partial charge in [-0.1, -0.05) is 19.1 Å². The SMILES string of the molecule is CCc1c(C(=O)N2CCOc3ccc(-c4ccc(NC(C)=O)c(F)c4)cc3C2)ccc(S(C)(=O)=O)c1F. The second-order valence-corrected chi connectivity index (χ2v) is 10.8. The molecule has 0 aromatic heterocycles. The number of carbonyl (C=O) groups is 2. The zero-order valence-corrected chi connectivity index (χ0v) is 21.4. The number of fused-ring (bicyclic) bond motifs is 1. The Hall–Kier alpha value is -3.79. The summed E-state index contributed by atoms with van der Waals surface area (Å²) in [6, 6.07) is 12.3. The van der Waals surface area contributed by atoms with Crippen molar-refractivity contribution in [3.63, 3.8) is 0 Å². The van der Waals surface area contributed by atoms with Gasteiger partial charge in [-0.2, -0.15) is 0 Å².